The third-order valence-electron chi connectivity index (χ3n) is 8.11. The predicted octanol–water partition coefficient (Wildman–Crippen LogP) is 7.03. The van der Waals surface area contributed by atoms with Crippen LogP contribution in [-0.4, -0.2) is 55.0 Å². The number of hydrogen-bond acceptors (Lipinski definition) is 7. The van der Waals surface area contributed by atoms with Crippen LogP contribution in [0.5, 0.6) is 17.2 Å². The quantitative estimate of drug-likeness (QED) is 0.216. The van der Waals surface area contributed by atoms with E-state index in [1.807, 2.05) is 36.5 Å². The zero-order chi connectivity index (χ0) is 29.1. The molecule has 41 heavy (non-hydrogen) atoms. The zero-order valence-corrected chi connectivity index (χ0v) is 25.5. The van der Waals surface area contributed by atoms with Gasteiger partial charge in [-0.2, -0.15) is 0 Å². The number of thiocarbonyl (C=S) groups is 1. The van der Waals surface area contributed by atoms with Crippen LogP contribution in [0.25, 0.3) is 10.9 Å². The maximum absolute atomic E-state index is 6.72. The van der Waals surface area contributed by atoms with E-state index >= 15 is 0 Å². The molecule has 6 rings (SSSR count). The van der Waals surface area contributed by atoms with Crippen molar-refractivity contribution in [1.29, 1.82) is 0 Å². The number of aromatic nitrogens is 1. The number of fused-ring (bicyclic) bond motifs is 4. The molecule has 0 aliphatic carbocycles. The number of rotatable bonds is 9. The van der Waals surface area contributed by atoms with Crippen LogP contribution >= 0.6 is 12.2 Å². The molecule has 0 amide bonds. The van der Waals surface area contributed by atoms with Gasteiger partial charge in [-0.3, -0.25) is 9.88 Å². The first-order chi connectivity index (χ1) is 19.7. The Hall–Kier alpha value is -3.36. The molecule has 0 spiro atoms. The van der Waals surface area contributed by atoms with E-state index < -0.39 is 0 Å². The predicted molar refractivity (Wildman–Crippen MR) is 168 cm³/mol. The molecule has 3 saturated heterocycles. The van der Waals surface area contributed by atoms with Gasteiger partial charge in [-0.15, -0.1) is 6.58 Å². The Morgan fingerprint density at radius 3 is 2.63 bits per heavy atom. The average molecular weight is 576 g/mol. The van der Waals surface area contributed by atoms with Crippen LogP contribution < -0.4 is 19.5 Å². The van der Waals surface area contributed by atoms with Gasteiger partial charge in [0.1, 0.15) is 23.4 Å². The number of anilines is 1. The first kappa shape index (κ1) is 29.1. The van der Waals surface area contributed by atoms with Crippen LogP contribution in [0.1, 0.15) is 45.3 Å². The molecule has 1 N–H and O–H groups in total. The monoisotopic (exact) mass is 575 g/mol. The highest BCUT2D eigenvalue weighted by molar-refractivity contribution is 7.80. The van der Waals surface area contributed by atoms with Crippen molar-refractivity contribution in [2.45, 2.75) is 45.8 Å². The van der Waals surface area contributed by atoms with Crippen LogP contribution in [0, 0.1) is 17.3 Å². The number of nitrogens with zero attached hydrogens (tertiary/aromatic N) is 2. The Balaban J connectivity index is 1.49. The molecule has 3 aliphatic heterocycles. The van der Waals surface area contributed by atoms with Gasteiger partial charge < -0.3 is 24.3 Å². The summed E-state index contributed by atoms with van der Waals surface area (Å²) in [5.74, 6) is 3.22. The molecule has 3 aliphatic rings. The molecule has 4 heterocycles. The van der Waals surface area contributed by atoms with Crippen LogP contribution in [0.15, 0.2) is 61.3 Å². The molecule has 0 saturated carbocycles. The van der Waals surface area contributed by atoms with Crippen LogP contribution in [0.4, 0.5) is 5.69 Å². The Kier molecular flexibility index (Phi) is 8.71. The topological polar surface area (TPSA) is 65.1 Å². The van der Waals surface area contributed by atoms with Crippen LogP contribution in [0.3, 0.4) is 0 Å². The average Bonchev–Trinajstić information content (AvgIpc) is 2.98. The van der Waals surface area contributed by atoms with E-state index in [-0.39, 0.29) is 22.7 Å². The third kappa shape index (κ3) is 6.60. The largest absolute Gasteiger partial charge is 0.497 e. The summed E-state index contributed by atoms with van der Waals surface area (Å²) in [6.45, 7) is 13.2. The molecule has 7 nitrogen and oxygen atoms in total. The molecular formula is C33H41N3O4S. The fourth-order valence-corrected chi connectivity index (χ4v) is 6.20. The number of ether oxygens (including phenoxy) is 4. The standard InChI is InChI=1S/C33H41N3O4S/c1-7-21-19-36-15-13-22(21)16-29(36)31(40-32(41)35-28-11-8-23(37-5)18-30(28)38-6)25-12-14-34-27-10-9-24(17-26(25)27)39-20-33(2,3)4/h7-12,14,17-18,21-22,29,31H,1,13,15-16,19-20H2,2-6H3,(H,35,41)/t21-,22+,29+,31-/m1/s1. The zero-order valence-electron chi connectivity index (χ0n) is 24.7. The molecule has 0 radical (unpaired) electrons. The van der Waals surface area contributed by atoms with Gasteiger partial charge in [-0.05, 0) is 85.3 Å². The highest BCUT2D eigenvalue weighted by Gasteiger charge is 2.44. The van der Waals surface area contributed by atoms with Gasteiger partial charge in [-0.25, -0.2) is 0 Å². The summed E-state index contributed by atoms with van der Waals surface area (Å²) >= 11 is 5.82. The fourth-order valence-electron chi connectivity index (χ4n) is 5.98. The van der Waals surface area contributed by atoms with E-state index in [0.29, 0.717) is 35.6 Å². The van der Waals surface area contributed by atoms with E-state index in [4.69, 9.17) is 31.2 Å². The molecular weight excluding hydrogens is 534 g/mol. The van der Waals surface area contributed by atoms with E-state index in [1.165, 1.54) is 6.42 Å². The second-order valence-electron chi connectivity index (χ2n) is 12.2. The summed E-state index contributed by atoms with van der Waals surface area (Å²) in [4.78, 5) is 7.21. The number of nitrogens with one attached hydrogen (secondary N) is 1. The number of hydrogen-bond donors (Lipinski definition) is 1. The minimum Gasteiger partial charge on any atom is -0.497 e. The van der Waals surface area contributed by atoms with Crippen LogP contribution in [-0.2, 0) is 4.74 Å². The maximum Gasteiger partial charge on any atom is 0.261 e. The smallest absolute Gasteiger partial charge is 0.261 e. The second-order valence-corrected chi connectivity index (χ2v) is 12.6. The lowest BCUT2D eigenvalue weighted by Gasteiger charge is -2.51. The van der Waals surface area contributed by atoms with Gasteiger partial charge in [0.25, 0.3) is 5.17 Å². The molecule has 3 aromatic rings. The molecule has 8 heteroatoms. The van der Waals surface area contributed by atoms with Crippen molar-refractivity contribution in [3.63, 3.8) is 0 Å². The summed E-state index contributed by atoms with van der Waals surface area (Å²) in [6, 6.07) is 13.9. The van der Waals surface area contributed by atoms with Crippen molar-refractivity contribution in [3.05, 3.63) is 66.9 Å². The first-order valence-corrected chi connectivity index (χ1v) is 14.7. The summed E-state index contributed by atoms with van der Waals surface area (Å²) in [5, 5.41) is 4.56. The Bertz CT molecular complexity index is 1400. The number of methoxy groups -OCH3 is 2. The van der Waals surface area contributed by atoms with E-state index in [2.05, 4.69) is 60.8 Å². The van der Waals surface area contributed by atoms with Gasteiger partial charge in [0.05, 0.1) is 38.1 Å². The van der Waals surface area contributed by atoms with Gasteiger partial charge in [0, 0.05) is 29.8 Å². The Morgan fingerprint density at radius 1 is 1.15 bits per heavy atom. The summed E-state index contributed by atoms with van der Waals surface area (Å²) in [6.07, 6.45) is 5.85. The fraction of sp³-hybridized carbons (Fsp3) is 0.455. The molecule has 2 aromatic carbocycles. The summed E-state index contributed by atoms with van der Waals surface area (Å²) < 4.78 is 23.8. The molecule has 2 bridgehead atoms. The molecule has 1 aromatic heterocycles. The van der Waals surface area contributed by atoms with Crippen molar-refractivity contribution in [2.75, 3.05) is 39.2 Å². The number of piperidine rings is 3. The number of benzene rings is 2. The van der Waals surface area contributed by atoms with E-state index in [1.54, 1.807) is 14.2 Å². The lowest BCUT2D eigenvalue weighted by molar-refractivity contribution is -0.0386. The second kappa shape index (κ2) is 12.2. The van der Waals surface area contributed by atoms with Crippen molar-refractivity contribution < 1.29 is 18.9 Å². The highest BCUT2D eigenvalue weighted by atomic mass is 32.1. The summed E-state index contributed by atoms with van der Waals surface area (Å²) in [5.41, 5.74) is 2.71. The normalized spacial score (nSPS) is 22.6. The van der Waals surface area contributed by atoms with Crippen LogP contribution in [0.2, 0.25) is 0 Å². The van der Waals surface area contributed by atoms with Crippen molar-refractivity contribution >= 4 is 34.0 Å². The third-order valence-corrected chi connectivity index (χ3v) is 8.31. The number of pyridine rings is 1. The molecule has 1 unspecified atom stereocenters. The van der Waals surface area contributed by atoms with E-state index in [0.717, 1.165) is 41.7 Å². The van der Waals surface area contributed by atoms with Gasteiger partial charge in [-0.1, -0.05) is 26.8 Å². The lowest BCUT2D eigenvalue weighted by atomic mass is 9.73. The Labute approximate surface area is 248 Å². The highest BCUT2D eigenvalue weighted by Crippen LogP contribution is 2.44. The molecule has 5 atom stereocenters. The van der Waals surface area contributed by atoms with Gasteiger partial charge in [0.15, 0.2) is 0 Å². The molecule has 3 fully saturated rings. The van der Waals surface area contributed by atoms with Gasteiger partial charge >= 0.3 is 0 Å². The minimum atomic E-state index is -0.309. The van der Waals surface area contributed by atoms with Gasteiger partial charge in [0.2, 0.25) is 0 Å². The lowest BCUT2D eigenvalue weighted by Crippen LogP contribution is -2.55. The maximum atomic E-state index is 6.72. The Morgan fingerprint density at radius 2 is 1.95 bits per heavy atom. The van der Waals surface area contributed by atoms with Crippen molar-refractivity contribution in [3.8, 4) is 17.2 Å². The minimum absolute atomic E-state index is 0.0506. The van der Waals surface area contributed by atoms with E-state index in [9.17, 15) is 0 Å². The molecule has 218 valence electrons. The SMILES string of the molecule is C=C[C@@H]1CN2CC[C@H]1C[C@H]2[C@H](OC(=S)Nc1ccc(OC)cc1OC)c1ccnc2ccc(OCC(C)(C)C)cc12. The van der Waals surface area contributed by atoms with Crippen molar-refractivity contribution in [2.24, 2.45) is 17.3 Å². The van der Waals surface area contributed by atoms with Crippen molar-refractivity contribution in [1.82, 2.24) is 9.88 Å². The first-order valence-electron chi connectivity index (χ1n) is 14.3. The summed E-state index contributed by atoms with van der Waals surface area (Å²) in [7, 11) is 3.25.